The van der Waals surface area contributed by atoms with E-state index in [-0.39, 0.29) is 0 Å². The highest BCUT2D eigenvalue weighted by Crippen LogP contribution is 2.26. The molecule has 3 nitrogen and oxygen atoms in total. The molecule has 0 aliphatic heterocycles. The van der Waals surface area contributed by atoms with E-state index in [0.29, 0.717) is 0 Å². The van der Waals surface area contributed by atoms with Gasteiger partial charge >= 0.3 is 0 Å². The van der Waals surface area contributed by atoms with Crippen LogP contribution >= 0.6 is 11.6 Å². The Morgan fingerprint density at radius 1 is 1.32 bits per heavy atom. The molecule has 1 aromatic carbocycles. The average Bonchev–Trinajstić information content (AvgIpc) is 2.83. The van der Waals surface area contributed by atoms with E-state index in [4.69, 9.17) is 11.6 Å². The summed E-state index contributed by atoms with van der Waals surface area (Å²) in [5.41, 5.74) is 5.03. The first-order chi connectivity index (χ1) is 9.29. The maximum atomic E-state index is 6.10. The number of hydrogen-bond acceptors (Lipinski definition) is 2. The molecule has 4 heteroatoms. The van der Waals surface area contributed by atoms with Gasteiger partial charge in [-0.2, -0.15) is 0 Å². The van der Waals surface area contributed by atoms with E-state index >= 15 is 0 Å². The van der Waals surface area contributed by atoms with Crippen molar-refractivity contribution >= 4 is 11.6 Å². The Kier molecular flexibility index (Phi) is 3.58. The van der Waals surface area contributed by atoms with Crippen LogP contribution in [0.15, 0.2) is 24.5 Å². The third kappa shape index (κ3) is 2.40. The zero-order valence-corrected chi connectivity index (χ0v) is 11.9. The Morgan fingerprint density at radius 2 is 2.16 bits per heavy atom. The molecule has 0 radical (unpaired) electrons. The van der Waals surface area contributed by atoms with Crippen molar-refractivity contribution in [3.8, 4) is 5.69 Å². The first-order valence-electron chi connectivity index (χ1n) is 6.78. The monoisotopic (exact) mass is 275 g/mol. The highest BCUT2D eigenvalue weighted by atomic mass is 35.5. The number of aryl methyl sites for hydroxylation is 1. The van der Waals surface area contributed by atoms with Gasteiger partial charge in [0.1, 0.15) is 0 Å². The van der Waals surface area contributed by atoms with Gasteiger partial charge in [-0.15, -0.1) is 0 Å². The number of rotatable bonds is 3. The van der Waals surface area contributed by atoms with Gasteiger partial charge in [0.15, 0.2) is 0 Å². The number of fused-ring (bicyclic) bond motifs is 1. The quantitative estimate of drug-likeness (QED) is 0.933. The molecule has 1 aliphatic carbocycles. The molecule has 0 saturated carbocycles. The summed E-state index contributed by atoms with van der Waals surface area (Å²) in [7, 11) is 1.95. The Hall–Kier alpha value is -1.32. The van der Waals surface area contributed by atoms with Crippen LogP contribution in [0.3, 0.4) is 0 Å². The molecule has 1 heterocycles. The van der Waals surface area contributed by atoms with Crippen LogP contribution < -0.4 is 5.32 Å². The van der Waals surface area contributed by atoms with Crippen molar-refractivity contribution in [2.45, 2.75) is 32.2 Å². The molecule has 2 aromatic rings. The highest BCUT2D eigenvalue weighted by Gasteiger charge is 2.17. The molecule has 0 fully saturated rings. The molecule has 100 valence electrons. The second-order valence-electron chi connectivity index (χ2n) is 5.02. The molecule has 1 aliphatic rings. The summed E-state index contributed by atoms with van der Waals surface area (Å²) in [6.45, 7) is 0.808. The minimum atomic E-state index is 0.781. The van der Waals surface area contributed by atoms with Crippen LogP contribution in [0, 0.1) is 0 Å². The van der Waals surface area contributed by atoms with Crippen LogP contribution in [0.5, 0.6) is 0 Å². The molecular weight excluding hydrogens is 258 g/mol. The minimum absolute atomic E-state index is 0.781. The van der Waals surface area contributed by atoms with Crippen LogP contribution in [-0.2, 0) is 19.4 Å². The van der Waals surface area contributed by atoms with Crippen LogP contribution in [0.25, 0.3) is 5.69 Å². The lowest BCUT2D eigenvalue weighted by atomic mass is 10.0. The van der Waals surface area contributed by atoms with Crippen LogP contribution in [0.2, 0.25) is 5.02 Å². The summed E-state index contributed by atoms with van der Waals surface area (Å²) in [6, 6.07) is 6.07. The van der Waals surface area contributed by atoms with Crippen LogP contribution in [-0.4, -0.2) is 16.6 Å². The maximum Gasteiger partial charge on any atom is 0.0997 e. The highest BCUT2D eigenvalue weighted by molar-refractivity contribution is 6.30. The van der Waals surface area contributed by atoms with E-state index in [2.05, 4.69) is 20.9 Å². The van der Waals surface area contributed by atoms with E-state index in [1.165, 1.54) is 35.5 Å². The number of benzene rings is 1. The SMILES string of the molecule is CNCc1cc(Cl)ccc1-n1cnc2c1CCCC2. The lowest BCUT2D eigenvalue weighted by molar-refractivity contribution is 0.654. The summed E-state index contributed by atoms with van der Waals surface area (Å²) in [6.07, 6.45) is 6.70. The average molecular weight is 276 g/mol. The third-order valence-corrected chi connectivity index (χ3v) is 3.93. The van der Waals surface area contributed by atoms with E-state index in [1.807, 2.05) is 25.5 Å². The largest absolute Gasteiger partial charge is 0.316 e. The van der Waals surface area contributed by atoms with Crippen molar-refractivity contribution in [2.24, 2.45) is 0 Å². The van der Waals surface area contributed by atoms with Gasteiger partial charge in [-0.3, -0.25) is 0 Å². The van der Waals surface area contributed by atoms with Crippen LogP contribution in [0.1, 0.15) is 29.8 Å². The number of hydrogen-bond donors (Lipinski definition) is 1. The summed E-state index contributed by atoms with van der Waals surface area (Å²) in [4.78, 5) is 4.57. The van der Waals surface area contributed by atoms with Crippen molar-refractivity contribution < 1.29 is 0 Å². The van der Waals surface area contributed by atoms with Gasteiger partial charge in [-0.1, -0.05) is 11.6 Å². The molecule has 1 N–H and O–H groups in total. The van der Waals surface area contributed by atoms with Crippen molar-refractivity contribution in [1.29, 1.82) is 0 Å². The molecule has 0 saturated heterocycles. The fourth-order valence-electron chi connectivity index (χ4n) is 2.80. The van der Waals surface area contributed by atoms with E-state index in [1.54, 1.807) is 0 Å². The zero-order chi connectivity index (χ0) is 13.2. The number of aromatic nitrogens is 2. The molecule has 0 amide bonds. The third-order valence-electron chi connectivity index (χ3n) is 3.70. The molecule has 1 aromatic heterocycles. The van der Waals surface area contributed by atoms with Gasteiger partial charge in [-0.05, 0) is 56.5 Å². The predicted molar refractivity (Wildman–Crippen MR) is 78.0 cm³/mol. The maximum absolute atomic E-state index is 6.10. The molecule has 0 bridgehead atoms. The lowest BCUT2D eigenvalue weighted by Gasteiger charge is -2.17. The van der Waals surface area contributed by atoms with Crippen molar-refractivity contribution in [3.05, 3.63) is 46.5 Å². The van der Waals surface area contributed by atoms with Gasteiger partial charge in [-0.25, -0.2) is 4.98 Å². The fourth-order valence-corrected chi connectivity index (χ4v) is 2.99. The zero-order valence-electron chi connectivity index (χ0n) is 11.1. The summed E-state index contributed by atoms with van der Waals surface area (Å²) >= 11 is 6.10. The first-order valence-corrected chi connectivity index (χ1v) is 7.16. The molecule has 19 heavy (non-hydrogen) atoms. The fraction of sp³-hybridized carbons (Fsp3) is 0.400. The number of imidazole rings is 1. The number of halogens is 1. The molecule has 3 rings (SSSR count). The van der Waals surface area contributed by atoms with Crippen molar-refractivity contribution in [2.75, 3.05) is 7.05 Å². The summed E-state index contributed by atoms with van der Waals surface area (Å²) < 4.78 is 2.23. The second-order valence-corrected chi connectivity index (χ2v) is 5.45. The van der Waals surface area contributed by atoms with Crippen molar-refractivity contribution in [3.63, 3.8) is 0 Å². The van der Waals surface area contributed by atoms with E-state index in [9.17, 15) is 0 Å². The standard InChI is InChI=1S/C15H18ClN3/c1-17-9-11-8-12(16)6-7-14(11)19-10-18-13-4-2-3-5-15(13)19/h6-8,10,17H,2-5,9H2,1H3. The Balaban J connectivity index is 2.08. The summed E-state index contributed by atoms with van der Waals surface area (Å²) in [5.74, 6) is 0. The molecule has 0 spiro atoms. The Morgan fingerprint density at radius 3 is 3.00 bits per heavy atom. The Bertz CT molecular complexity index is 589. The molecular formula is C15H18ClN3. The number of nitrogens with one attached hydrogen (secondary N) is 1. The number of nitrogens with zero attached hydrogens (tertiary/aromatic N) is 2. The Labute approximate surface area is 118 Å². The normalized spacial score (nSPS) is 14.4. The van der Waals surface area contributed by atoms with Gasteiger partial charge in [0, 0.05) is 17.3 Å². The van der Waals surface area contributed by atoms with Gasteiger partial charge in [0.25, 0.3) is 0 Å². The van der Waals surface area contributed by atoms with E-state index in [0.717, 1.165) is 24.4 Å². The van der Waals surface area contributed by atoms with Gasteiger partial charge in [0.05, 0.1) is 17.7 Å². The molecule has 0 unspecified atom stereocenters. The topological polar surface area (TPSA) is 29.9 Å². The predicted octanol–water partition coefficient (Wildman–Crippen LogP) is 3.12. The smallest absolute Gasteiger partial charge is 0.0997 e. The molecule has 0 atom stereocenters. The van der Waals surface area contributed by atoms with Gasteiger partial charge < -0.3 is 9.88 Å². The van der Waals surface area contributed by atoms with Gasteiger partial charge in [0.2, 0.25) is 0 Å². The van der Waals surface area contributed by atoms with Crippen molar-refractivity contribution in [1.82, 2.24) is 14.9 Å². The minimum Gasteiger partial charge on any atom is -0.316 e. The first kappa shape index (κ1) is 12.7. The lowest BCUT2D eigenvalue weighted by Crippen LogP contribution is -2.12. The summed E-state index contributed by atoms with van der Waals surface area (Å²) in [5, 5.41) is 3.98. The van der Waals surface area contributed by atoms with Crippen LogP contribution in [0.4, 0.5) is 0 Å². The van der Waals surface area contributed by atoms with E-state index < -0.39 is 0 Å². The second kappa shape index (κ2) is 5.35.